The Morgan fingerprint density at radius 3 is 2.83 bits per heavy atom. The Labute approximate surface area is 141 Å². The number of nitrogens with zero attached hydrogens (tertiary/aromatic N) is 4. The van der Waals surface area contributed by atoms with Crippen molar-refractivity contribution in [1.29, 1.82) is 0 Å². The number of aryl methyl sites for hydroxylation is 1. The maximum Gasteiger partial charge on any atom is 0.191 e. The van der Waals surface area contributed by atoms with Gasteiger partial charge in [-0.25, -0.2) is 4.98 Å². The van der Waals surface area contributed by atoms with Crippen molar-refractivity contribution in [3.63, 3.8) is 0 Å². The zero-order chi connectivity index (χ0) is 16.1. The van der Waals surface area contributed by atoms with Gasteiger partial charge in [0.2, 0.25) is 0 Å². The molecular formula is C17H23N5S. The summed E-state index contributed by atoms with van der Waals surface area (Å²) in [6.07, 6.45) is 2.79. The van der Waals surface area contributed by atoms with Crippen LogP contribution in [0.1, 0.15) is 11.1 Å². The van der Waals surface area contributed by atoms with Crippen LogP contribution in [0, 0.1) is 6.92 Å². The number of guanidine groups is 1. The molecule has 2 N–H and O–H groups in total. The fourth-order valence-electron chi connectivity index (χ4n) is 2.77. The summed E-state index contributed by atoms with van der Waals surface area (Å²) in [5, 5.41) is 3.11. The Balaban J connectivity index is 1.48. The predicted octanol–water partition coefficient (Wildman–Crippen LogP) is 2.13. The summed E-state index contributed by atoms with van der Waals surface area (Å²) in [6, 6.07) is 8.56. The molecule has 5 nitrogen and oxygen atoms in total. The van der Waals surface area contributed by atoms with Gasteiger partial charge < -0.3 is 15.5 Å². The molecule has 23 heavy (non-hydrogen) atoms. The van der Waals surface area contributed by atoms with Crippen molar-refractivity contribution >= 4 is 22.4 Å². The molecule has 0 bridgehead atoms. The average Bonchev–Trinajstić information content (AvgIpc) is 3.09. The van der Waals surface area contributed by atoms with Gasteiger partial charge in [-0.2, -0.15) is 0 Å². The zero-order valence-corrected chi connectivity index (χ0v) is 14.3. The van der Waals surface area contributed by atoms with E-state index < -0.39 is 0 Å². The number of hydrogen-bond acceptors (Lipinski definition) is 4. The van der Waals surface area contributed by atoms with Gasteiger partial charge in [-0.15, -0.1) is 11.3 Å². The lowest BCUT2D eigenvalue weighted by atomic mass is 10.1. The highest BCUT2D eigenvalue weighted by Crippen LogP contribution is 2.18. The van der Waals surface area contributed by atoms with E-state index in [0.717, 1.165) is 44.3 Å². The van der Waals surface area contributed by atoms with Crippen LogP contribution in [0.25, 0.3) is 0 Å². The minimum atomic E-state index is 0.663. The van der Waals surface area contributed by atoms with Crippen LogP contribution in [0.5, 0.6) is 0 Å². The molecule has 6 heteroatoms. The lowest BCUT2D eigenvalue weighted by Gasteiger charge is -2.35. The van der Waals surface area contributed by atoms with Crippen LogP contribution in [0.15, 0.2) is 40.8 Å². The SMILES string of the molecule is Cc1cccc(CCN=C(N)N2CCN(c3nccs3)CC2)c1. The largest absolute Gasteiger partial charge is 0.370 e. The van der Waals surface area contributed by atoms with Gasteiger partial charge in [0, 0.05) is 44.3 Å². The van der Waals surface area contributed by atoms with Gasteiger partial charge in [0.25, 0.3) is 0 Å². The number of aromatic nitrogens is 1. The first-order valence-corrected chi connectivity index (χ1v) is 8.85. The normalized spacial score (nSPS) is 16.0. The van der Waals surface area contributed by atoms with E-state index in [1.54, 1.807) is 11.3 Å². The fourth-order valence-corrected chi connectivity index (χ4v) is 3.46. The van der Waals surface area contributed by atoms with E-state index in [-0.39, 0.29) is 0 Å². The second-order valence-electron chi connectivity index (χ2n) is 5.77. The molecular weight excluding hydrogens is 306 g/mol. The number of piperazine rings is 1. The molecule has 0 spiro atoms. The van der Waals surface area contributed by atoms with E-state index in [9.17, 15) is 0 Å². The molecule has 1 aliphatic heterocycles. The number of thiazole rings is 1. The van der Waals surface area contributed by atoms with E-state index in [4.69, 9.17) is 5.73 Å². The third-order valence-electron chi connectivity index (χ3n) is 4.05. The average molecular weight is 329 g/mol. The van der Waals surface area contributed by atoms with Crippen LogP contribution < -0.4 is 10.6 Å². The van der Waals surface area contributed by atoms with Crippen LogP contribution >= 0.6 is 11.3 Å². The maximum absolute atomic E-state index is 6.15. The lowest BCUT2D eigenvalue weighted by Crippen LogP contribution is -2.51. The number of benzene rings is 1. The summed E-state index contributed by atoms with van der Waals surface area (Å²) in [4.78, 5) is 13.4. The van der Waals surface area contributed by atoms with E-state index in [1.807, 2.05) is 11.6 Å². The highest BCUT2D eigenvalue weighted by Gasteiger charge is 2.19. The second kappa shape index (κ2) is 7.46. The second-order valence-corrected chi connectivity index (χ2v) is 6.64. The Morgan fingerprint density at radius 2 is 2.13 bits per heavy atom. The summed E-state index contributed by atoms with van der Waals surface area (Å²) < 4.78 is 0. The van der Waals surface area contributed by atoms with Crippen LogP contribution in [-0.4, -0.2) is 48.6 Å². The molecule has 2 aromatic rings. The van der Waals surface area contributed by atoms with E-state index in [0.29, 0.717) is 5.96 Å². The molecule has 122 valence electrons. The number of hydrogen-bond donors (Lipinski definition) is 1. The first-order chi connectivity index (χ1) is 11.2. The van der Waals surface area contributed by atoms with Crippen molar-refractivity contribution in [3.8, 4) is 0 Å². The molecule has 1 aromatic carbocycles. The summed E-state index contributed by atoms with van der Waals surface area (Å²) in [5.74, 6) is 0.663. The van der Waals surface area contributed by atoms with Gasteiger partial charge in [-0.05, 0) is 18.9 Å². The minimum Gasteiger partial charge on any atom is -0.370 e. The Kier molecular flexibility index (Phi) is 5.12. The molecule has 1 aromatic heterocycles. The molecule has 0 aliphatic carbocycles. The van der Waals surface area contributed by atoms with Gasteiger partial charge in [-0.3, -0.25) is 4.99 Å². The molecule has 1 fully saturated rings. The summed E-state index contributed by atoms with van der Waals surface area (Å²) >= 11 is 1.69. The van der Waals surface area contributed by atoms with E-state index >= 15 is 0 Å². The first-order valence-electron chi connectivity index (χ1n) is 7.97. The molecule has 3 rings (SSSR count). The number of nitrogens with two attached hydrogens (primary N) is 1. The van der Waals surface area contributed by atoms with Crippen LogP contribution in [-0.2, 0) is 6.42 Å². The summed E-state index contributed by atoms with van der Waals surface area (Å²) in [7, 11) is 0. The maximum atomic E-state index is 6.15. The van der Waals surface area contributed by atoms with Gasteiger partial charge in [0.15, 0.2) is 11.1 Å². The van der Waals surface area contributed by atoms with Crippen molar-refractivity contribution < 1.29 is 0 Å². The third-order valence-corrected chi connectivity index (χ3v) is 4.88. The molecule has 0 unspecified atom stereocenters. The topological polar surface area (TPSA) is 57.8 Å². The third kappa shape index (κ3) is 4.22. The van der Waals surface area contributed by atoms with Crippen molar-refractivity contribution in [1.82, 2.24) is 9.88 Å². The Bertz CT molecular complexity index is 645. The molecule has 0 amide bonds. The summed E-state index contributed by atoms with van der Waals surface area (Å²) in [5.41, 5.74) is 8.76. The van der Waals surface area contributed by atoms with Gasteiger partial charge in [-0.1, -0.05) is 29.8 Å². The summed E-state index contributed by atoms with van der Waals surface area (Å²) in [6.45, 7) is 6.55. The molecule has 0 radical (unpaired) electrons. The zero-order valence-electron chi connectivity index (χ0n) is 13.5. The first kappa shape index (κ1) is 15.8. The smallest absolute Gasteiger partial charge is 0.191 e. The van der Waals surface area contributed by atoms with Crippen LogP contribution in [0.3, 0.4) is 0 Å². The van der Waals surface area contributed by atoms with E-state index in [2.05, 4.69) is 51.0 Å². The van der Waals surface area contributed by atoms with Crippen molar-refractivity contribution in [2.75, 3.05) is 37.6 Å². The van der Waals surface area contributed by atoms with Crippen molar-refractivity contribution in [2.24, 2.45) is 10.7 Å². The number of aliphatic imine (C=N–C) groups is 1. The van der Waals surface area contributed by atoms with Crippen LogP contribution in [0.4, 0.5) is 5.13 Å². The monoisotopic (exact) mass is 329 g/mol. The highest BCUT2D eigenvalue weighted by molar-refractivity contribution is 7.13. The van der Waals surface area contributed by atoms with Gasteiger partial charge in [0.1, 0.15) is 0 Å². The predicted molar refractivity (Wildman–Crippen MR) is 97.3 cm³/mol. The highest BCUT2D eigenvalue weighted by atomic mass is 32.1. The lowest BCUT2D eigenvalue weighted by molar-refractivity contribution is 0.380. The molecule has 1 saturated heterocycles. The molecule has 0 atom stereocenters. The molecule has 2 heterocycles. The van der Waals surface area contributed by atoms with Gasteiger partial charge >= 0.3 is 0 Å². The number of rotatable bonds is 4. The fraction of sp³-hybridized carbons (Fsp3) is 0.412. The quantitative estimate of drug-likeness (QED) is 0.690. The molecule has 0 saturated carbocycles. The minimum absolute atomic E-state index is 0.663. The molecule has 1 aliphatic rings. The standard InChI is InChI=1S/C17H23N5S/c1-14-3-2-4-15(13-14)5-6-19-16(18)21-8-10-22(11-9-21)17-20-7-12-23-17/h2-4,7,12-13H,5-6,8-11H2,1H3,(H2,18,19). The van der Waals surface area contributed by atoms with E-state index in [1.165, 1.54) is 11.1 Å². The Morgan fingerprint density at radius 1 is 1.30 bits per heavy atom. The number of anilines is 1. The Hall–Kier alpha value is -2.08. The van der Waals surface area contributed by atoms with Gasteiger partial charge in [0.05, 0.1) is 0 Å². The van der Waals surface area contributed by atoms with Crippen molar-refractivity contribution in [3.05, 3.63) is 47.0 Å². The van der Waals surface area contributed by atoms with Crippen molar-refractivity contribution in [2.45, 2.75) is 13.3 Å². The van der Waals surface area contributed by atoms with Crippen LogP contribution in [0.2, 0.25) is 0 Å².